The third kappa shape index (κ3) is 3.01. The summed E-state index contributed by atoms with van der Waals surface area (Å²) in [4.78, 5) is 0. The van der Waals surface area contributed by atoms with Crippen molar-refractivity contribution in [2.24, 2.45) is 5.84 Å². The highest BCUT2D eigenvalue weighted by molar-refractivity contribution is 5.85. The van der Waals surface area contributed by atoms with Crippen LogP contribution in [-0.2, 0) is 0 Å². The number of nitrogens with two attached hydrogens (primary N) is 1. The lowest BCUT2D eigenvalue weighted by Crippen LogP contribution is -2.52. The fourth-order valence-electron chi connectivity index (χ4n) is 1.05. The topological polar surface area (TPSA) is 49.1 Å². The molecule has 56 valence electrons. The Bertz CT molecular complexity index is 79.0. The van der Waals surface area contributed by atoms with Gasteiger partial charge in [0.05, 0.1) is 13.1 Å². The van der Waals surface area contributed by atoms with Crippen LogP contribution < -0.4 is 5.84 Å². The minimum absolute atomic E-state index is 0. The van der Waals surface area contributed by atoms with Gasteiger partial charge < -0.3 is 5.21 Å². The Morgan fingerprint density at radius 3 is 1.78 bits per heavy atom. The van der Waals surface area contributed by atoms with Gasteiger partial charge in [-0.2, -0.15) is 5.84 Å². The maximum absolute atomic E-state index is 10.8. The second kappa shape index (κ2) is 3.37. The van der Waals surface area contributed by atoms with E-state index < -0.39 is 4.76 Å². The zero-order valence-electron chi connectivity index (χ0n) is 5.38. The van der Waals surface area contributed by atoms with E-state index in [1.54, 1.807) is 0 Å². The predicted octanol–water partition coefficient (Wildman–Crippen LogP) is 0.780. The van der Waals surface area contributed by atoms with Crippen LogP contribution in [-0.4, -0.2) is 17.8 Å². The number of nitrogens with zero attached hydrogens (tertiary/aromatic N) is 1. The summed E-state index contributed by atoms with van der Waals surface area (Å²) in [5.41, 5.74) is 0. The molecular formula is C5H13ClN2O. The molecule has 0 amide bonds. The highest BCUT2D eigenvalue weighted by atomic mass is 35.5. The fraction of sp³-hybridized carbons (Fsp3) is 1.00. The van der Waals surface area contributed by atoms with Crippen molar-refractivity contribution >= 4 is 12.4 Å². The summed E-state index contributed by atoms with van der Waals surface area (Å²) in [5, 5.41) is 10.8. The summed E-state index contributed by atoms with van der Waals surface area (Å²) in [6.45, 7) is 1.22. The maximum atomic E-state index is 10.8. The Hall–Kier alpha value is 0.170. The molecule has 0 aliphatic carbocycles. The number of rotatable bonds is 0. The molecule has 0 bridgehead atoms. The van der Waals surface area contributed by atoms with Crippen molar-refractivity contribution in [3.63, 3.8) is 0 Å². The monoisotopic (exact) mass is 152 g/mol. The van der Waals surface area contributed by atoms with Crippen molar-refractivity contribution in [3.05, 3.63) is 5.21 Å². The molecular weight excluding hydrogens is 140 g/mol. The zero-order chi connectivity index (χ0) is 6.04. The molecule has 0 aromatic rings. The van der Waals surface area contributed by atoms with Crippen LogP contribution in [0.15, 0.2) is 0 Å². The van der Waals surface area contributed by atoms with E-state index in [4.69, 9.17) is 5.84 Å². The van der Waals surface area contributed by atoms with Crippen molar-refractivity contribution < 1.29 is 4.76 Å². The minimum atomic E-state index is -0.500. The van der Waals surface area contributed by atoms with Crippen molar-refractivity contribution in [1.82, 2.24) is 0 Å². The molecule has 0 unspecified atom stereocenters. The van der Waals surface area contributed by atoms with E-state index in [1.165, 1.54) is 6.42 Å². The standard InChI is InChI=1S/C5H12N2O.ClH/c6-7(8)4-2-1-3-5-7;/h1-6H2;1H. The van der Waals surface area contributed by atoms with Crippen LogP contribution in [0, 0.1) is 5.21 Å². The molecule has 4 heteroatoms. The number of halogens is 1. The largest absolute Gasteiger partial charge is 0.612 e. The van der Waals surface area contributed by atoms with Crippen LogP contribution in [0.2, 0.25) is 0 Å². The molecule has 0 atom stereocenters. The Kier molecular flexibility index (Phi) is 3.43. The Labute approximate surface area is 61.4 Å². The molecule has 1 heterocycles. The maximum Gasteiger partial charge on any atom is 0.0958 e. The normalized spacial score (nSPS) is 24.7. The molecule has 9 heavy (non-hydrogen) atoms. The number of quaternary nitrogens is 1. The molecule has 1 rings (SSSR count). The molecule has 0 aromatic heterocycles. The number of hydroxylamine groups is 2. The number of hydrogen-bond donors (Lipinski definition) is 1. The van der Waals surface area contributed by atoms with E-state index in [9.17, 15) is 5.21 Å². The van der Waals surface area contributed by atoms with Crippen molar-refractivity contribution in [2.45, 2.75) is 19.3 Å². The van der Waals surface area contributed by atoms with Crippen molar-refractivity contribution in [3.8, 4) is 0 Å². The molecule has 2 N–H and O–H groups in total. The fourth-order valence-corrected chi connectivity index (χ4v) is 1.05. The van der Waals surface area contributed by atoms with E-state index in [1.807, 2.05) is 0 Å². The van der Waals surface area contributed by atoms with E-state index >= 15 is 0 Å². The average molecular weight is 153 g/mol. The van der Waals surface area contributed by atoms with Crippen LogP contribution in [0.1, 0.15) is 19.3 Å². The summed E-state index contributed by atoms with van der Waals surface area (Å²) >= 11 is 0. The molecule has 3 nitrogen and oxygen atoms in total. The van der Waals surface area contributed by atoms with Gasteiger partial charge in [0.1, 0.15) is 0 Å². The lowest BCUT2D eigenvalue weighted by atomic mass is 10.2. The van der Waals surface area contributed by atoms with E-state index in [2.05, 4.69) is 0 Å². The van der Waals surface area contributed by atoms with Crippen LogP contribution in [0.25, 0.3) is 0 Å². The third-order valence-electron chi connectivity index (χ3n) is 1.57. The molecule has 0 spiro atoms. The van der Waals surface area contributed by atoms with Gasteiger partial charge >= 0.3 is 0 Å². The first-order chi connectivity index (χ1) is 3.71. The summed E-state index contributed by atoms with van der Waals surface area (Å²) in [6, 6.07) is 0. The van der Waals surface area contributed by atoms with Gasteiger partial charge in [0, 0.05) is 0 Å². The highest BCUT2D eigenvalue weighted by Crippen LogP contribution is 2.10. The van der Waals surface area contributed by atoms with Crippen LogP contribution >= 0.6 is 12.4 Å². The van der Waals surface area contributed by atoms with Gasteiger partial charge in [-0.25, -0.2) is 0 Å². The van der Waals surface area contributed by atoms with E-state index in [0.717, 1.165) is 12.8 Å². The average Bonchev–Trinajstić information content (AvgIpc) is 1.65. The quantitative estimate of drug-likeness (QED) is 0.317. The van der Waals surface area contributed by atoms with Crippen molar-refractivity contribution in [2.75, 3.05) is 13.1 Å². The summed E-state index contributed by atoms with van der Waals surface area (Å²) < 4.78 is -0.500. The third-order valence-corrected chi connectivity index (χ3v) is 1.57. The van der Waals surface area contributed by atoms with Crippen molar-refractivity contribution in [1.29, 1.82) is 0 Å². The Morgan fingerprint density at radius 2 is 1.56 bits per heavy atom. The first-order valence-electron chi connectivity index (χ1n) is 3.07. The van der Waals surface area contributed by atoms with Crippen LogP contribution in [0.3, 0.4) is 0 Å². The Balaban J connectivity index is 0.000000640. The summed E-state index contributed by atoms with van der Waals surface area (Å²) in [7, 11) is 0. The first kappa shape index (κ1) is 9.17. The van der Waals surface area contributed by atoms with Gasteiger partial charge in [0.2, 0.25) is 0 Å². The number of piperidine rings is 1. The second-order valence-corrected chi connectivity index (χ2v) is 2.46. The van der Waals surface area contributed by atoms with Gasteiger partial charge in [0.15, 0.2) is 0 Å². The summed E-state index contributed by atoms with van der Waals surface area (Å²) in [5.74, 6) is 5.26. The minimum Gasteiger partial charge on any atom is -0.612 e. The van der Waals surface area contributed by atoms with Gasteiger partial charge in [0.25, 0.3) is 0 Å². The SMILES string of the molecule is Cl.N[N+]1([O-])CCCCC1. The first-order valence-corrected chi connectivity index (χ1v) is 3.07. The molecule has 0 radical (unpaired) electrons. The molecule has 1 aliphatic heterocycles. The Morgan fingerprint density at radius 1 is 1.11 bits per heavy atom. The summed E-state index contributed by atoms with van der Waals surface area (Å²) in [6.07, 6.45) is 3.18. The van der Waals surface area contributed by atoms with Gasteiger partial charge in [-0.3, -0.25) is 4.76 Å². The molecule has 1 fully saturated rings. The van der Waals surface area contributed by atoms with Gasteiger partial charge in [-0.1, -0.05) is 0 Å². The number of hydrogen-bond acceptors (Lipinski definition) is 2. The highest BCUT2D eigenvalue weighted by Gasteiger charge is 2.14. The van der Waals surface area contributed by atoms with Crippen LogP contribution in [0.5, 0.6) is 0 Å². The zero-order valence-corrected chi connectivity index (χ0v) is 6.19. The molecule has 0 aromatic carbocycles. The lowest BCUT2D eigenvalue weighted by molar-refractivity contribution is -0.897. The van der Waals surface area contributed by atoms with Crippen LogP contribution in [0.4, 0.5) is 0 Å². The van der Waals surface area contributed by atoms with E-state index in [0.29, 0.717) is 13.1 Å². The van der Waals surface area contributed by atoms with Gasteiger partial charge in [-0.05, 0) is 19.3 Å². The smallest absolute Gasteiger partial charge is 0.0958 e. The second-order valence-electron chi connectivity index (χ2n) is 2.46. The van der Waals surface area contributed by atoms with Gasteiger partial charge in [-0.15, -0.1) is 12.4 Å². The lowest BCUT2D eigenvalue weighted by Gasteiger charge is -2.39. The molecule has 1 saturated heterocycles. The molecule has 0 saturated carbocycles. The molecule has 1 aliphatic rings. The predicted molar refractivity (Wildman–Crippen MR) is 38.6 cm³/mol. The van der Waals surface area contributed by atoms with E-state index in [-0.39, 0.29) is 12.4 Å².